The zero-order chi connectivity index (χ0) is 15.1. The molecule has 0 aliphatic carbocycles. The standard InChI is InChI=1S/C14H19N3O3S/c1-19-9-8-15-13(21(18)14-16-6-7-17-14)11-4-3-5-12(10-11)20-2/h3-7,10,13,15H,8-9H2,1-2H3,(H,16,17). The van der Waals surface area contributed by atoms with Crippen LogP contribution in [0.3, 0.4) is 0 Å². The normalized spacial score (nSPS) is 13.9. The minimum absolute atomic E-state index is 0.388. The Labute approximate surface area is 127 Å². The topological polar surface area (TPSA) is 82.2 Å². The van der Waals surface area contributed by atoms with Gasteiger partial charge in [-0.05, 0) is 12.1 Å². The highest BCUT2D eigenvalue weighted by Crippen LogP contribution is 2.27. The second-order valence-corrected chi connectivity index (χ2v) is 5.75. The summed E-state index contributed by atoms with van der Waals surface area (Å²) in [6, 6.07) is 7.50. The van der Waals surface area contributed by atoms with Gasteiger partial charge in [-0.25, -0.2) is 0 Å². The number of benzene rings is 1. The average Bonchev–Trinajstić information content (AvgIpc) is 3.05. The lowest BCUT2D eigenvalue weighted by atomic mass is 10.2. The fourth-order valence-electron chi connectivity index (χ4n) is 1.89. The predicted molar refractivity (Wildman–Crippen MR) is 80.6 cm³/mol. The Balaban J connectivity index is 2.21. The number of hydrogen-bond donors (Lipinski definition) is 2. The molecule has 2 atom stereocenters. The van der Waals surface area contributed by atoms with E-state index in [4.69, 9.17) is 9.47 Å². The Morgan fingerprint density at radius 2 is 2.29 bits per heavy atom. The molecule has 0 amide bonds. The van der Waals surface area contributed by atoms with E-state index in [1.165, 1.54) is 0 Å². The van der Waals surface area contributed by atoms with Crippen LogP contribution in [-0.2, 0) is 15.9 Å². The summed E-state index contributed by atoms with van der Waals surface area (Å²) in [4.78, 5) is 6.97. The zero-order valence-corrected chi connectivity index (χ0v) is 12.9. The van der Waals surface area contributed by atoms with Crippen LogP contribution in [0, 0.1) is 0 Å². The number of hydrogen-bond acceptors (Lipinski definition) is 5. The Morgan fingerprint density at radius 1 is 1.43 bits per heavy atom. The summed E-state index contributed by atoms with van der Waals surface area (Å²) >= 11 is -1.34. The number of methoxy groups -OCH3 is 2. The summed E-state index contributed by atoms with van der Waals surface area (Å²) < 4.78 is 22.9. The molecule has 2 rings (SSSR count). The third kappa shape index (κ3) is 4.21. The summed E-state index contributed by atoms with van der Waals surface area (Å²) in [5, 5.41) is 3.29. The summed E-state index contributed by atoms with van der Waals surface area (Å²) in [7, 11) is 3.24. The van der Waals surface area contributed by atoms with Crippen LogP contribution in [0.5, 0.6) is 5.75 Å². The third-order valence-electron chi connectivity index (χ3n) is 2.91. The summed E-state index contributed by atoms with van der Waals surface area (Å²) in [5.74, 6) is 0.725. The maximum absolute atomic E-state index is 12.7. The van der Waals surface area contributed by atoms with Crippen LogP contribution in [-0.4, -0.2) is 41.9 Å². The van der Waals surface area contributed by atoms with Crippen molar-refractivity contribution in [1.29, 1.82) is 0 Å². The van der Waals surface area contributed by atoms with Gasteiger partial charge >= 0.3 is 5.16 Å². The lowest BCUT2D eigenvalue weighted by molar-refractivity contribution is 0.198. The molecule has 0 bridgehead atoms. The van der Waals surface area contributed by atoms with Gasteiger partial charge in [0.05, 0.1) is 13.7 Å². The second-order valence-electron chi connectivity index (χ2n) is 4.30. The molecule has 2 N–H and O–H groups in total. The number of imidazole rings is 1. The second kappa shape index (κ2) is 8.04. The maximum Gasteiger partial charge on any atom is 0.322 e. The highest BCUT2D eigenvalue weighted by Gasteiger charge is 2.28. The summed E-state index contributed by atoms with van der Waals surface area (Å²) in [6.45, 7) is 1.13. The molecule has 2 aromatic rings. The van der Waals surface area contributed by atoms with E-state index in [1.54, 1.807) is 26.6 Å². The van der Waals surface area contributed by atoms with Gasteiger partial charge in [0.15, 0.2) is 0 Å². The third-order valence-corrected chi connectivity index (χ3v) is 4.38. The van der Waals surface area contributed by atoms with Gasteiger partial charge in [0.25, 0.3) is 0 Å². The van der Waals surface area contributed by atoms with Gasteiger partial charge in [-0.15, -0.1) is 0 Å². The number of ether oxygens (including phenoxy) is 2. The predicted octanol–water partition coefficient (Wildman–Crippen LogP) is 1.46. The first-order chi connectivity index (χ1) is 10.3. The van der Waals surface area contributed by atoms with E-state index in [-0.39, 0.29) is 5.37 Å². The van der Waals surface area contributed by atoms with Crippen LogP contribution >= 0.6 is 0 Å². The van der Waals surface area contributed by atoms with Crippen molar-refractivity contribution in [1.82, 2.24) is 15.3 Å². The van der Waals surface area contributed by atoms with E-state index >= 15 is 0 Å². The smallest absolute Gasteiger partial charge is 0.322 e. The molecule has 0 aliphatic rings. The number of aromatic nitrogens is 2. The van der Waals surface area contributed by atoms with Crippen molar-refractivity contribution < 1.29 is 14.0 Å². The van der Waals surface area contributed by atoms with Gasteiger partial charge in [-0.3, -0.25) is 5.32 Å². The first kappa shape index (κ1) is 15.8. The summed E-state index contributed by atoms with van der Waals surface area (Å²) in [6.07, 6.45) is 3.25. The van der Waals surface area contributed by atoms with Gasteiger partial charge in [0.1, 0.15) is 5.75 Å². The zero-order valence-electron chi connectivity index (χ0n) is 12.0. The van der Waals surface area contributed by atoms with Crippen molar-refractivity contribution >= 4 is 11.2 Å². The van der Waals surface area contributed by atoms with Crippen molar-refractivity contribution in [2.24, 2.45) is 0 Å². The van der Waals surface area contributed by atoms with Crippen LogP contribution in [0.15, 0.2) is 41.8 Å². The number of nitrogens with zero attached hydrogens (tertiary/aromatic N) is 1. The molecule has 0 radical (unpaired) electrons. The highest BCUT2D eigenvalue weighted by atomic mass is 32.2. The Hall–Kier alpha value is -1.54. The van der Waals surface area contributed by atoms with E-state index in [2.05, 4.69) is 15.3 Å². The van der Waals surface area contributed by atoms with Crippen LogP contribution in [0.1, 0.15) is 10.9 Å². The lowest BCUT2D eigenvalue weighted by Gasteiger charge is -2.21. The number of nitrogens with one attached hydrogen (secondary N) is 2. The van der Waals surface area contributed by atoms with Gasteiger partial charge < -0.3 is 19.0 Å². The number of H-pyrrole nitrogens is 1. The molecule has 7 heteroatoms. The van der Waals surface area contributed by atoms with E-state index < -0.39 is 11.2 Å². The largest absolute Gasteiger partial charge is 0.607 e. The Morgan fingerprint density at radius 3 is 2.95 bits per heavy atom. The molecule has 0 fully saturated rings. The molecule has 2 unspecified atom stereocenters. The van der Waals surface area contributed by atoms with Crippen LogP contribution in [0.2, 0.25) is 0 Å². The molecule has 0 saturated heterocycles. The molecule has 1 heterocycles. The van der Waals surface area contributed by atoms with Gasteiger partial charge in [-0.2, -0.15) is 4.98 Å². The van der Waals surface area contributed by atoms with Crippen LogP contribution in [0.4, 0.5) is 0 Å². The molecule has 1 aromatic carbocycles. The molecular weight excluding hydrogens is 290 g/mol. The maximum atomic E-state index is 12.7. The first-order valence-electron chi connectivity index (χ1n) is 6.52. The summed E-state index contributed by atoms with van der Waals surface area (Å²) in [5.41, 5.74) is 0.875. The Kier molecular flexibility index (Phi) is 6.06. The lowest BCUT2D eigenvalue weighted by Crippen LogP contribution is -2.32. The van der Waals surface area contributed by atoms with Crippen molar-refractivity contribution in [3.05, 3.63) is 42.2 Å². The van der Waals surface area contributed by atoms with E-state index in [1.807, 2.05) is 24.3 Å². The Bertz CT molecular complexity index is 536. The molecular formula is C14H19N3O3S. The molecule has 1 aromatic heterocycles. The van der Waals surface area contributed by atoms with Crippen molar-refractivity contribution in [2.45, 2.75) is 10.5 Å². The minimum atomic E-state index is -1.34. The molecule has 114 valence electrons. The molecule has 0 saturated carbocycles. The quantitative estimate of drug-likeness (QED) is 0.570. The molecule has 0 aliphatic heterocycles. The SMILES string of the molecule is COCCNC(c1cccc(OC)c1)[S+]([O-])c1ncc[nH]1. The van der Waals surface area contributed by atoms with Crippen LogP contribution < -0.4 is 10.1 Å². The van der Waals surface area contributed by atoms with Gasteiger partial charge in [-0.1, -0.05) is 12.1 Å². The van der Waals surface area contributed by atoms with Crippen molar-refractivity contribution in [3.63, 3.8) is 0 Å². The van der Waals surface area contributed by atoms with Gasteiger partial charge in [0.2, 0.25) is 5.37 Å². The molecule has 0 spiro atoms. The van der Waals surface area contributed by atoms with Crippen molar-refractivity contribution in [2.75, 3.05) is 27.4 Å². The fourth-order valence-corrected chi connectivity index (χ4v) is 3.12. The van der Waals surface area contributed by atoms with E-state index in [9.17, 15) is 4.55 Å². The molecule has 21 heavy (non-hydrogen) atoms. The van der Waals surface area contributed by atoms with E-state index in [0.29, 0.717) is 18.3 Å². The van der Waals surface area contributed by atoms with E-state index in [0.717, 1.165) is 11.3 Å². The first-order valence-corrected chi connectivity index (χ1v) is 7.73. The number of rotatable bonds is 8. The fraction of sp³-hybridized carbons (Fsp3) is 0.357. The molecule has 6 nitrogen and oxygen atoms in total. The van der Waals surface area contributed by atoms with Crippen LogP contribution in [0.25, 0.3) is 0 Å². The van der Waals surface area contributed by atoms with Crippen molar-refractivity contribution in [3.8, 4) is 5.75 Å². The average molecular weight is 309 g/mol. The van der Waals surface area contributed by atoms with Gasteiger partial charge in [0, 0.05) is 42.8 Å². The monoisotopic (exact) mass is 309 g/mol. The minimum Gasteiger partial charge on any atom is -0.607 e. The highest BCUT2D eigenvalue weighted by molar-refractivity contribution is 7.91. The number of aromatic amines is 1.